The molecule has 1 aliphatic rings. The van der Waals surface area contributed by atoms with Crippen molar-refractivity contribution in [3.05, 3.63) is 17.5 Å². The SMILES string of the molecule is Cc1cc(CN(C)C(=O)[C@@H]2CC(=O)N(CC(F)(F)F)C2)no1. The molecule has 22 heavy (non-hydrogen) atoms. The first kappa shape index (κ1) is 16.3. The highest BCUT2D eigenvalue weighted by Crippen LogP contribution is 2.25. The average molecular weight is 319 g/mol. The Bertz CT molecular complexity index is 570. The number of halogens is 3. The molecule has 1 fully saturated rings. The van der Waals surface area contributed by atoms with Gasteiger partial charge in [0.1, 0.15) is 18.0 Å². The monoisotopic (exact) mass is 319 g/mol. The molecule has 0 unspecified atom stereocenters. The Morgan fingerprint density at radius 3 is 2.77 bits per heavy atom. The third-order valence-corrected chi connectivity index (χ3v) is 3.39. The molecule has 1 aliphatic heterocycles. The highest BCUT2D eigenvalue weighted by atomic mass is 19.4. The molecule has 1 aromatic heterocycles. The topological polar surface area (TPSA) is 66.7 Å². The van der Waals surface area contributed by atoms with Crippen molar-refractivity contribution >= 4 is 11.8 Å². The van der Waals surface area contributed by atoms with E-state index in [4.69, 9.17) is 4.52 Å². The van der Waals surface area contributed by atoms with Crippen LogP contribution in [0, 0.1) is 12.8 Å². The van der Waals surface area contributed by atoms with Crippen LogP contribution in [-0.4, -0.2) is 53.1 Å². The van der Waals surface area contributed by atoms with E-state index in [2.05, 4.69) is 5.16 Å². The molecule has 0 saturated carbocycles. The summed E-state index contributed by atoms with van der Waals surface area (Å²) in [5, 5.41) is 3.75. The molecule has 1 saturated heterocycles. The van der Waals surface area contributed by atoms with Crippen molar-refractivity contribution in [2.24, 2.45) is 5.92 Å². The van der Waals surface area contributed by atoms with Crippen LogP contribution in [0.3, 0.4) is 0 Å². The number of alkyl halides is 3. The van der Waals surface area contributed by atoms with Crippen molar-refractivity contribution < 1.29 is 27.3 Å². The Kier molecular flexibility index (Phi) is 4.43. The van der Waals surface area contributed by atoms with Crippen molar-refractivity contribution in [2.75, 3.05) is 20.1 Å². The minimum absolute atomic E-state index is 0.181. The van der Waals surface area contributed by atoms with E-state index in [-0.39, 0.29) is 25.4 Å². The second kappa shape index (κ2) is 5.98. The van der Waals surface area contributed by atoms with E-state index < -0.39 is 24.5 Å². The second-order valence-corrected chi connectivity index (χ2v) is 5.41. The molecule has 0 radical (unpaired) electrons. The summed E-state index contributed by atoms with van der Waals surface area (Å²) in [6, 6.07) is 1.67. The predicted octanol–water partition coefficient (Wildman–Crippen LogP) is 1.35. The fourth-order valence-corrected chi connectivity index (χ4v) is 2.43. The van der Waals surface area contributed by atoms with Crippen LogP contribution in [0.15, 0.2) is 10.6 Å². The van der Waals surface area contributed by atoms with Gasteiger partial charge in [0.15, 0.2) is 0 Å². The van der Waals surface area contributed by atoms with Crippen molar-refractivity contribution in [2.45, 2.75) is 26.1 Å². The van der Waals surface area contributed by atoms with E-state index in [9.17, 15) is 22.8 Å². The number of aromatic nitrogens is 1. The Hall–Kier alpha value is -2.06. The standard InChI is InChI=1S/C13H16F3N3O3/c1-8-3-10(17-22-8)6-18(2)12(21)9-4-11(20)19(5-9)7-13(14,15)16/h3,9H,4-7H2,1-2H3/t9-/m1/s1. The number of likely N-dealkylation sites (tertiary alicyclic amines) is 1. The molecule has 9 heteroatoms. The minimum atomic E-state index is -4.46. The Morgan fingerprint density at radius 2 is 2.23 bits per heavy atom. The molecule has 1 atom stereocenters. The number of hydrogen-bond donors (Lipinski definition) is 0. The highest BCUT2D eigenvalue weighted by Gasteiger charge is 2.41. The van der Waals surface area contributed by atoms with Gasteiger partial charge < -0.3 is 14.3 Å². The lowest BCUT2D eigenvalue weighted by atomic mass is 10.1. The molecule has 0 bridgehead atoms. The Labute approximate surface area is 124 Å². The summed E-state index contributed by atoms with van der Waals surface area (Å²) in [4.78, 5) is 25.8. The quantitative estimate of drug-likeness (QED) is 0.840. The zero-order chi connectivity index (χ0) is 16.5. The Morgan fingerprint density at radius 1 is 1.55 bits per heavy atom. The van der Waals surface area contributed by atoms with Crippen LogP contribution in [0.4, 0.5) is 13.2 Å². The van der Waals surface area contributed by atoms with Gasteiger partial charge in [-0.25, -0.2) is 0 Å². The number of aryl methyl sites for hydroxylation is 1. The first-order valence-electron chi connectivity index (χ1n) is 6.67. The van der Waals surface area contributed by atoms with Gasteiger partial charge in [0, 0.05) is 26.1 Å². The maximum Gasteiger partial charge on any atom is 0.406 e. The van der Waals surface area contributed by atoms with Gasteiger partial charge in [0.05, 0.1) is 12.5 Å². The first-order valence-corrected chi connectivity index (χ1v) is 6.67. The van der Waals surface area contributed by atoms with Crippen LogP contribution in [0.25, 0.3) is 0 Å². The Balaban J connectivity index is 1.94. The van der Waals surface area contributed by atoms with Gasteiger partial charge in [-0.3, -0.25) is 9.59 Å². The van der Waals surface area contributed by atoms with Gasteiger partial charge in [-0.15, -0.1) is 0 Å². The zero-order valence-electron chi connectivity index (χ0n) is 12.2. The van der Waals surface area contributed by atoms with Gasteiger partial charge in [-0.05, 0) is 6.92 Å². The van der Waals surface area contributed by atoms with Crippen LogP contribution in [0.5, 0.6) is 0 Å². The highest BCUT2D eigenvalue weighted by molar-refractivity contribution is 5.89. The first-order chi connectivity index (χ1) is 10.2. The average Bonchev–Trinajstić information content (AvgIpc) is 2.94. The summed E-state index contributed by atoms with van der Waals surface area (Å²) < 4.78 is 41.9. The number of carbonyl (C=O) groups excluding carboxylic acids is 2. The molecule has 2 heterocycles. The largest absolute Gasteiger partial charge is 0.406 e. The van der Waals surface area contributed by atoms with E-state index in [0.717, 1.165) is 0 Å². The van der Waals surface area contributed by atoms with E-state index >= 15 is 0 Å². The molecule has 0 N–H and O–H groups in total. The summed E-state index contributed by atoms with van der Waals surface area (Å²) >= 11 is 0. The molecule has 0 aliphatic carbocycles. The third kappa shape index (κ3) is 3.99. The maximum atomic E-state index is 12.3. The smallest absolute Gasteiger partial charge is 0.361 e. The summed E-state index contributed by atoms with van der Waals surface area (Å²) in [6.07, 6.45) is -4.66. The van der Waals surface area contributed by atoms with Crippen LogP contribution in [-0.2, 0) is 16.1 Å². The number of nitrogens with zero attached hydrogens (tertiary/aromatic N) is 3. The molecular weight excluding hydrogens is 303 g/mol. The number of carbonyl (C=O) groups is 2. The summed E-state index contributed by atoms with van der Waals surface area (Å²) in [7, 11) is 1.52. The van der Waals surface area contributed by atoms with Crippen molar-refractivity contribution in [1.82, 2.24) is 15.0 Å². The predicted molar refractivity (Wildman–Crippen MR) is 68.5 cm³/mol. The van der Waals surface area contributed by atoms with Gasteiger partial charge in [0.2, 0.25) is 11.8 Å². The van der Waals surface area contributed by atoms with Crippen molar-refractivity contribution in [1.29, 1.82) is 0 Å². The van der Waals surface area contributed by atoms with Crippen LogP contribution in [0.1, 0.15) is 17.9 Å². The summed E-state index contributed by atoms with van der Waals surface area (Å²) in [5.74, 6) is -1.18. The number of rotatable bonds is 4. The van der Waals surface area contributed by atoms with Crippen molar-refractivity contribution in [3.63, 3.8) is 0 Å². The fourth-order valence-electron chi connectivity index (χ4n) is 2.43. The lowest BCUT2D eigenvalue weighted by Crippen LogP contribution is -2.37. The summed E-state index contributed by atoms with van der Waals surface area (Å²) in [5.41, 5.74) is 0.546. The van der Waals surface area contributed by atoms with E-state index in [1.165, 1.54) is 11.9 Å². The van der Waals surface area contributed by atoms with Gasteiger partial charge >= 0.3 is 6.18 Å². The maximum absolute atomic E-state index is 12.3. The molecule has 1 aromatic rings. The van der Waals surface area contributed by atoms with Crippen LogP contribution >= 0.6 is 0 Å². The molecule has 122 valence electrons. The van der Waals surface area contributed by atoms with Crippen LogP contribution in [0.2, 0.25) is 0 Å². The van der Waals surface area contributed by atoms with Gasteiger partial charge in [-0.2, -0.15) is 13.2 Å². The van der Waals surface area contributed by atoms with Crippen LogP contribution < -0.4 is 0 Å². The van der Waals surface area contributed by atoms with Gasteiger partial charge in [0.25, 0.3) is 0 Å². The molecular formula is C13H16F3N3O3. The number of amides is 2. The molecule has 6 nitrogen and oxygen atoms in total. The molecule has 2 amide bonds. The zero-order valence-corrected chi connectivity index (χ0v) is 12.2. The molecule has 0 spiro atoms. The van der Waals surface area contributed by atoms with E-state index in [1.807, 2.05) is 0 Å². The third-order valence-electron chi connectivity index (χ3n) is 3.39. The van der Waals surface area contributed by atoms with E-state index in [0.29, 0.717) is 16.4 Å². The minimum Gasteiger partial charge on any atom is -0.361 e. The van der Waals surface area contributed by atoms with Gasteiger partial charge in [-0.1, -0.05) is 5.16 Å². The summed E-state index contributed by atoms with van der Waals surface area (Å²) in [6.45, 7) is 0.365. The molecule has 0 aromatic carbocycles. The van der Waals surface area contributed by atoms with E-state index in [1.54, 1.807) is 13.0 Å². The van der Waals surface area contributed by atoms with Crippen molar-refractivity contribution in [3.8, 4) is 0 Å². The second-order valence-electron chi connectivity index (χ2n) is 5.41. The lowest BCUT2D eigenvalue weighted by Gasteiger charge is -2.21. The fraction of sp³-hybridized carbons (Fsp3) is 0.615. The number of hydrogen-bond acceptors (Lipinski definition) is 4. The molecule has 2 rings (SSSR count). The lowest BCUT2D eigenvalue weighted by molar-refractivity contribution is -0.157. The normalized spacial score (nSPS) is 18.9.